The number of hydrogen-bond donors (Lipinski definition) is 1. The summed E-state index contributed by atoms with van der Waals surface area (Å²) >= 11 is 0. The quantitative estimate of drug-likeness (QED) is 0.201. The van der Waals surface area contributed by atoms with Crippen molar-refractivity contribution in [2.45, 2.75) is 58.9 Å². The number of rotatable bonds is 7. The van der Waals surface area contributed by atoms with E-state index in [0.717, 1.165) is 16.9 Å². The molecule has 1 atom stereocenters. The summed E-state index contributed by atoms with van der Waals surface area (Å²) in [7, 11) is 1.55. The van der Waals surface area contributed by atoms with Crippen LogP contribution in [0.25, 0.3) is 5.76 Å². The molecule has 0 saturated carbocycles. The van der Waals surface area contributed by atoms with Crippen molar-refractivity contribution in [1.82, 2.24) is 0 Å². The van der Waals surface area contributed by atoms with Crippen LogP contribution in [-0.2, 0) is 15.0 Å². The number of ether oxygens (including phenoxy) is 2. The first-order valence-electron chi connectivity index (χ1n) is 13.3. The molecule has 204 valence electrons. The summed E-state index contributed by atoms with van der Waals surface area (Å²) in [5.74, 6) is -0.323. The lowest BCUT2D eigenvalue weighted by molar-refractivity contribution is -0.132. The average Bonchev–Trinajstić information content (AvgIpc) is 3.18. The third kappa shape index (κ3) is 5.29. The molecule has 6 heteroatoms. The Morgan fingerprint density at radius 2 is 1.64 bits per heavy atom. The number of aliphatic hydroxyl groups is 1. The van der Waals surface area contributed by atoms with Crippen LogP contribution in [0.5, 0.6) is 11.5 Å². The fourth-order valence-electron chi connectivity index (χ4n) is 5.00. The van der Waals surface area contributed by atoms with Crippen LogP contribution < -0.4 is 14.4 Å². The molecule has 3 aromatic carbocycles. The average molecular weight is 528 g/mol. The van der Waals surface area contributed by atoms with Crippen molar-refractivity contribution >= 4 is 23.1 Å². The van der Waals surface area contributed by atoms with Gasteiger partial charge in [0.05, 0.1) is 25.3 Å². The summed E-state index contributed by atoms with van der Waals surface area (Å²) in [6.45, 7) is 12.9. The molecule has 1 aliphatic rings. The second-order valence-corrected chi connectivity index (χ2v) is 11.0. The van der Waals surface area contributed by atoms with Crippen LogP contribution in [0, 0.1) is 0 Å². The molecule has 1 fully saturated rings. The highest BCUT2D eigenvalue weighted by molar-refractivity contribution is 6.51. The van der Waals surface area contributed by atoms with E-state index >= 15 is 0 Å². The van der Waals surface area contributed by atoms with Crippen molar-refractivity contribution in [3.8, 4) is 11.5 Å². The Kier molecular flexibility index (Phi) is 7.86. The zero-order valence-corrected chi connectivity index (χ0v) is 23.7. The molecule has 0 bridgehead atoms. The van der Waals surface area contributed by atoms with E-state index in [0.29, 0.717) is 29.2 Å². The maximum atomic E-state index is 13.6. The number of aliphatic hydroxyl groups excluding tert-OH is 1. The van der Waals surface area contributed by atoms with Crippen LogP contribution in [0.1, 0.15) is 75.8 Å². The van der Waals surface area contributed by atoms with Crippen LogP contribution in [0.3, 0.4) is 0 Å². The maximum Gasteiger partial charge on any atom is 0.300 e. The van der Waals surface area contributed by atoms with Crippen LogP contribution in [-0.4, -0.2) is 30.5 Å². The molecule has 6 nitrogen and oxygen atoms in total. The van der Waals surface area contributed by atoms with E-state index in [1.807, 2.05) is 69.3 Å². The Morgan fingerprint density at radius 3 is 2.23 bits per heavy atom. The molecule has 0 radical (unpaired) electrons. The zero-order chi connectivity index (χ0) is 28.5. The van der Waals surface area contributed by atoms with Gasteiger partial charge in [0.2, 0.25) is 0 Å². The molecular weight excluding hydrogens is 490 g/mol. The van der Waals surface area contributed by atoms with Gasteiger partial charge in [-0.15, -0.1) is 0 Å². The van der Waals surface area contributed by atoms with Gasteiger partial charge in [0.25, 0.3) is 11.7 Å². The number of Topliss-reactive ketones (excluding diaryl/α,β-unsaturated/α-hetero) is 1. The van der Waals surface area contributed by atoms with E-state index < -0.39 is 17.7 Å². The number of anilines is 1. The SMILES string of the molecule is CCOc1ccc(/C(O)=C2\C(=O)C(=O)N(c3ccc(C(C)(C)C)cc3)C2c2ccccc2OC)cc1C(C)C. The number of nitrogens with zero attached hydrogens (tertiary/aromatic N) is 1. The largest absolute Gasteiger partial charge is 0.507 e. The number of carbonyl (C=O) groups is 2. The predicted molar refractivity (Wildman–Crippen MR) is 155 cm³/mol. The summed E-state index contributed by atoms with van der Waals surface area (Å²) in [6.07, 6.45) is 0. The van der Waals surface area contributed by atoms with Crippen LogP contribution in [0.4, 0.5) is 5.69 Å². The first kappa shape index (κ1) is 28.0. The molecule has 1 aliphatic heterocycles. The summed E-state index contributed by atoms with van der Waals surface area (Å²) < 4.78 is 11.4. The summed E-state index contributed by atoms with van der Waals surface area (Å²) in [5.41, 5.74) is 3.57. The van der Waals surface area contributed by atoms with Crippen LogP contribution in [0.15, 0.2) is 72.3 Å². The first-order chi connectivity index (χ1) is 18.5. The highest BCUT2D eigenvalue weighted by Gasteiger charge is 2.48. The van der Waals surface area contributed by atoms with E-state index in [2.05, 4.69) is 20.8 Å². The summed E-state index contributed by atoms with van der Waals surface area (Å²) in [6, 6.07) is 19.4. The van der Waals surface area contributed by atoms with Crippen molar-refractivity contribution in [3.63, 3.8) is 0 Å². The van der Waals surface area contributed by atoms with Gasteiger partial charge in [-0.25, -0.2) is 0 Å². The lowest BCUT2D eigenvalue weighted by atomic mass is 9.87. The first-order valence-corrected chi connectivity index (χ1v) is 13.3. The van der Waals surface area contributed by atoms with E-state index in [9.17, 15) is 14.7 Å². The third-order valence-electron chi connectivity index (χ3n) is 7.09. The molecule has 0 spiro atoms. The molecular formula is C33H37NO5. The molecule has 1 amide bonds. The molecule has 1 unspecified atom stereocenters. The number of methoxy groups -OCH3 is 1. The van der Waals surface area contributed by atoms with Gasteiger partial charge in [-0.05, 0) is 65.8 Å². The van der Waals surface area contributed by atoms with Crippen molar-refractivity contribution in [1.29, 1.82) is 0 Å². The topological polar surface area (TPSA) is 76.1 Å². The van der Waals surface area contributed by atoms with Crippen molar-refractivity contribution < 1.29 is 24.2 Å². The van der Waals surface area contributed by atoms with Gasteiger partial charge in [0, 0.05) is 16.8 Å². The Morgan fingerprint density at radius 1 is 0.974 bits per heavy atom. The molecule has 1 saturated heterocycles. The van der Waals surface area contributed by atoms with Crippen LogP contribution >= 0.6 is 0 Å². The van der Waals surface area contributed by atoms with E-state index in [1.54, 1.807) is 25.3 Å². The van der Waals surface area contributed by atoms with Gasteiger partial charge < -0.3 is 14.6 Å². The Balaban J connectivity index is 1.94. The maximum absolute atomic E-state index is 13.6. The highest BCUT2D eigenvalue weighted by Crippen LogP contribution is 2.45. The Labute approximate surface area is 230 Å². The van der Waals surface area contributed by atoms with Crippen LogP contribution in [0.2, 0.25) is 0 Å². The minimum absolute atomic E-state index is 0.0169. The molecule has 4 rings (SSSR count). The van der Waals surface area contributed by atoms with Gasteiger partial charge in [0.15, 0.2) is 0 Å². The number of para-hydroxylation sites is 1. The Hall–Kier alpha value is -4.06. The fourth-order valence-corrected chi connectivity index (χ4v) is 5.00. The number of carbonyl (C=O) groups excluding carboxylic acids is 2. The molecule has 1 N–H and O–H groups in total. The Bertz CT molecular complexity index is 1410. The van der Waals surface area contributed by atoms with Gasteiger partial charge >= 0.3 is 0 Å². The standard InChI is InChI=1S/C33H37NO5/c1-8-39-27-18-13-21(19-25(27)20(2)3)30(35)28-29(24-11-9-10-12-26(24)38-7)34(32(37)31(28)36)23-16-14-22(15-17-23)33(4,5)6/h9-20,29,35H,8H2,1-7H3/b30-28+. The number of amides is 1. The molecule has 0 aliphatic carbocycles. The number of benzene rings is 3. The minimum atomic E-state index is -0.879. The minimum Gasteiger partial charge on any atom is -0.507 e. The number of hydrogen-bond acceptors (Lipinski definition) is 5. The highest BCUT2D eigenvalue weighted by atomic mass is 16.5. The summed E-state index contributed by atoms with van der Waals surface area (Å²) in [4.78, 5) is 28.7. The zero-order valence-electron chi connectivity index (χ0n) is 23.7. The van der Waals surface area contributed by atoms with Gasteiger partial charge in [-0.1, -0.05) is 65.0 Å². The van der Waals surface area contributed by atoms with E-state index in [-0.39, 0.29) is 22.7 Å². The monoisotopic (exact) mass is 527 g/mol. The second-order valence-electron chi connectivity index (χ2n) is 11.0. The van der Waals surface area contributed by atoms with Gasteiger partial charge in [0.1, 0.15) is 17.3 Å². The van der Waals surface area contributed by atoms with Gasteiger partial charge in [-0.3, -0.25) is 14.5 Å². The van der Waals surface area contributed by atoms with E-state index in [4.69, 9.17) is 9.47 Å². The molecule has 3 aromatic rings. The summed E-state index contributed by atoms with van der Waals surface area (Å²) in [5, 5.41) is 11.6. The molecule has 39 heavy (non-hydrogen) atoms. The number of ketones is 1. The second kappa shape index (κ2) is 11.0. The van der Waals surface area contributed by atoms with Crippen molar-refractivity contribution in [3.05, 3.63) is 94.6 Å². The molecule has 1 heterocycles. The van der Waals surface area contributed by atoms with Crippen molar-refractivity contribution in [2.24, 2.45) is 0 Å². The molecule has 0 aromatic heterocycles. The third-order valence-corrected chi connectivity index (χ3v) is 7.09. The van der Waals surface area contributed by atoms with Crippen molar-refractivity contribution in [2.75, 3.05) is 18.6 Å². The van der Waals surface area contributed by atoms with Gasteiger partial charge in [-0.2, -0.15) is 0 Å². The smallest absolute Gasteiger partial charge is 0.300 e. The lowest BCUT2D eigenvalue weighted by Gasteiger charge is -2.27. The van der Waals surface area contributed by atoms with E-state index in [1.165, 1.54) is 4.90 Å². The lowest BCUT2D eigenvalue weighted by Crippen LogP contribution is -2.29. The fraction of sp³-hybridized carbons (Fsp3) is 0.333. The predicted octanol–water partition coefficient (Wildman–Crippen LogP) is 7.14. The normalized spacial score (nSPS) is 17.1.